The van der Waals surface area contributed by atoms with Crippen LogP contribution in [0.15, 0.2) is 18.2 Å². The third-order valence-corrected chi connectivity index (χ3v) is 2.87. The lowest BCUT2D eigenvalue weighted by molar-refractivity contribution is 0.322. The Labute approximate surface area is 85.7 Å². The van der Waals surface area contributed by atoms with Crippen LogP contribution in [0.25, 0.3) is 10.1 Å². The van der Waals surface area contributed by atoms with Gasteiger partial charge in [0.1, 0.15) is 0 Å². The zero-order valence-corrected chi connectivity index (χ0v) is 8.60. The molecule has 1 aromatic carbocycles. The first kappa shape index (κ1) is 9.15. The van der Waals surface area contributed by atoms with Crippen molar-refractivity contribution in [1.82, 2.24) is 0 Å². The van der Waals surface area contributed by atoms with E-state index in [9.17, 15) is 5.11 Å². The number of nitrogen functional groups attached to an aromatic ring is 1. The second-order valence-corrected chi connectivity index (χ2v) is 4.02. The molecule has 2 rings (SSSR count). The van der Waals surface area contributed by atoms with Crippen LogP contribution >= 0.6 is 11.3 Å². The number of nitrogens with two attached hydrogens (primary N) is 1. The predicted octanol–water partition coefficient (Wildman–Crippen LogP) is 2.59. The summed E-state index contributed by atoms with van der Waals surface area (Å²) >= 11 is 1.49. The summed E-state index contributed by atoms with van der Waals surface area (Å²) in [4.78, 5) is 0. The van der Waals surface area contributed by atoms with Gasteiger partial charge in [0, 0.05) is 10.1 Å². The van der Waals surface area contributed by atoms with E-state index >= 15 is 0 Å². The van der Waals surface area contributed by atoms with Gasteiger partial charge in [0.25, 0.3) is 0 Å². The Kier molecular flexibility index (Phi) is 2.21. The van der Waals surface area contributed by atoms with Crippen molar-refractivity contribution in [3.05, 3.63) is 18.2 Å². The number of anilines is 1. The van der Waals surface area contributed by atoms with Gasteiger partial charge in [0.15, 0.2) is 11.5 Å². The van der Waals surface area contributed by atoms with Gasteiger partial charge in [-0.3, -0.25) is 0 Å². The van der Waals surface area contributed by atoms with Gasteiger partial charge in [0.2, 0.25) is 0 Å². The van der Waals surface area contributed by atoms with E-state index in [0.29, 0.717) is 12.4 Å². The topological polar surface area (TPSA) is 55.5 Å². The van der Waals surface area contributed by atoms with Crippen molar-refractivity contribution in [2.24, 2.45) is 0 Å². The minimum absolute atomic E-state index is 0.164. The highest BCUT2D eigenvalue weighted by molar-refractivity contribution is 7.22. The van der Waals surface area contributed by atoms with Crippen molar-refractivity contribution in [3.8, 4) is 11.5 Å². The number of hydrogen-bond donors (Lipinski definition) is 2. The number of phenolic OH excluding ortho intramolecular Hbond substituents is 1. The monoisotopic (exact) mass is 209 g/mol. The van der Waals surface area contributed by atoms with Crippen LogP contribution in [-0.4, -0.2) is 11.7 Å². The molecule has 0 saturated heterocycles. The zero-order valence-electron chi connectivity index (χ0n) is 7.78. The van der Waals surface area contributed by atoms with Crippen molar-refractivity contribution in [1.29, 1.82) is 0 Å². The van der Waals surface area contributed by atoms with E-state index in [0.717, 1.165) is 15.1 Å². The van der Waals surface area contributed by atoms with E-state index in [4.69, 9.17) is 10.5 Å². The van der Waals surface area contributed by atoms with Crippen molar-refractivity contribution in [3.63, 3.8) is 0 Å². The first-order chi connectivity index (χ1) is 6.72. The van der Waals surface area contributed by atoms with Crippen molar-refractivity contribution >= 4 is 26.4 Å². The Morgan fingerprint density at radius 2 is 2.29 bits per heavy atom. The van der Waals surface area contributed by atoms with Crippen LogP contribution in [0.2, 0.25) is 0 Å². The standard InChI is InChI=1S/C10H11NO2S/c1-2-13-10-6-5-9(11)14-8(6)4-3-7(10)12/h3-5,12H,2,11H2,1H3. The fraction of sp³-hybridized carbons (Fsp3) is 0.200. The molecule has 0 aliphatic carbocycles. The molecular formula is C10H11NO2S. The maximum atomic E-state index is 9.59. The lowest BCUT2D eigenvalue weighted by Gasteiger charge is -2.06. The summed E-state index contributed by atoms with van der Waals surface area (Å²) in [6, 6.07) is 5.29. The third kappa shape index (κ3) is 1.37. The summed E-state index contributed by atoms with van der Waals surface area (Å²) < 4.78 is 6.40. The van der Waals surface area contributed by atoms with E-state index in [1.165, 1.54) is 11.3 Å². The first-order valence-electron chi connectivity index (χ1n) is 4.36. The summed E-state index contributed by atoms with van der Waals surface area (Å²) in [6.07, 6.45) is 0. The number of aromatic hydroxyl groups is 1. The third-order valence-electron chi connectivity index (χ3n) is 1.94. The van der Waals surface area contributed by atoms with Crippen LogP contribution in [0, 0.1) is 0 Å². The molecule has 0 atom stereocenters. The molecule has 0 saturated carbocycles. The van der Waals surface area contributed by atoms with Gasteiger partial charge in [-0.2, -0.15) is 0 Å². The number of hydrogen-bond acceptors (Lipinski definition) is 4. The fourth-order valence-electron chi connectivity index (χ4n) is 1.39. The van der Waals surface area contributed by atoms with E-state index in [-0.39, 0.29) is 5.75 Å². The van der Waals surface area contributed by atoms with Gasteiger partial charge in [-0.1, -0.05) is 0 Å². The smallest absolute Gasteiger partial charge is 0.169 e. The van der Waals surface area contributed by atoms with Gasteiger partial charge in [0.05, 0.1) is 11.6 Å². The van der Waals surface area contributed by atoms with Crippen LogP contribution in [-0.2, 0) is 0 Å². The summed E-state index contributed by atoms with van der Waals surface area (Å²) in [5.74, 6) is 0.690. The van der Waals surface area contributed by atoms with Gasteiger partial charge in [-0.25, -0.2) is 0 Å². The van der Waals surface area contributed by atoms with Crippen LogP contribution in [0.1, 0.15) is 6.92 Å². The molecule has 74 valence electrons. The van der Waals surface area contributed by atoms with E-state index < -0.39 is 0 Å². The maximum absolute atomic E-state index is 9.59. The Morgan fingerprint density at radius 3 is 3.00 bits per heavy atom. The quantitative estimate of drug-likeness (QED) is 0.799. The molecule has 0 fully saturated rings. The summed E-state index contributed by atoms with van der Waals surface area (Å²) in [7, 11) is 0. The molecule has 0 aliphatic rings. The Bertz CT molecular complexity index is 464. The fourth-order valence-corrected chi connectivity index (χ4v) is 2.22. The van der Waals surface area contributed by atoms with E-state index in [2.05, 4.69) is 0 Å². The molecule has 0 bridgehead atoms. The minimum atomic E-state index is 0.164. The van der Waals surface area contributed by atoms with Crippen LogP contribution in [0.5, 0.6) is 11.5 Å². The van der Waals surface area contributed by atoms with Crippen LogP contribution in [0.3, 0.4) is 0 Å². The maximum Gasteiger partial charge on any atom is 0.169 e. The number of rotatable bonds is 2. The molecule has 3 nitrogen and oxygen atoms in total. The Morgan fingerprint density at radius 1 is 1.50 bits per heavy atom. The second-order valence-electron chi connectivity index (χ2n) is 2.91. The number of phenols is 1. The van der Waals surface area contributed by atoms with Gasteiger partial charge in [-0.15, -0.1) is 11.3 Å². The second kappa shape index (κ2) is 3.38. The largest absolute Gasteiger partial charge is 0.504 e. The van der Waals surface area contributed by atoms with Crippen LogP contribution in [0.4, 0.5) is 5.00 Å². The Balaban J connectivity index is 2.68. The van der Waals surface area contributed by atoms with Crippen LogP contribution < -0.4 is 10.5 Å². The molecule has 0 unspecified atom stereocenters. The van der Waals surface area contributed by atoms with Crippen molar-refractivity contribution < 1.29 is 9.84 Å². The molecule has 3 N–H and O–H groups in total. The van der Waals surface area contributed by atoms with Gasteiger partial charge < -0.3 is 15.6 Å². The predicted molar refractivity (Wildman–Crippen MR) is 59.1 cm³/mol. The average Bonchev–Trinajstić information content (AvgIpc) is 2.51. The number of fused-ring (bicyclic) bond motifs is 1. The van der Waals surface area contributed by atoms with Gasteiger partial charge in [-0.05, 0) is 25.1 Å². The van der Waals surface area contributed by atoms with E-state index in [1.807, 2.05) is 19.1 Å². The van der Waals surface area contributed by atoms with Gasteiger partial charge >= 0.3 is 0 Å². The molecular weight excluding hydrogens is 198 g/mol. The SMILES string of the molecule is CCOc1c(O)ccc2sc(N)cc12. The molecule has 2 aromatic rings. The summed E-state index contributed by atoms with van der Waals surface area (Å²) in [5, 5.41) is 11.2. The molecule has 1 heterocycles. The zero-order chi connectivity index (χ0) is 10.1. The molecule has 14 heavy (non-hydrogen) atoms. The Hall–Kier alpha value is -1.42. The number of benzene rings is 1. The molecule has 0 amide bonds. The molecule has 1 aromatic heterocycles. The number of ether oxygens (including phenoxy) is 1. The minimum Gasteiger partial charge on any atom is -0.504 e. The average molecular weight is 209 g/mol. The van der Waals surface area contributed by atoms with Crippen molar-refractivity contribution in [2.45, 2.75) is 6.92 Å². The summed E-state index contributed by atoms with van der Waals surface area (Å²) in [5.41, 5.74) is 5.69. The highest BCUT2D eigenvalue weighted by Crippen LogP contribution is 2.39. The van der Waals surface area contributed by atoms with E-state index in [1.54, 1.807) is 6.07 Å². The summed E-state index contributed by atoms with van der Waals surface area (Å²) in [6.45, 7) is 2.41. The molecule has 0 radical (unpaired) electrons. The highest BCUT2D eigenvalue weighted by Gasteiger charge is 2.09. The normalized spacial score (nSPS) is 10.6. The molecule has 4 heteroatoms. The molecule has 0 aliphatic heterocycles. The first-order valence-corrected chi connectivity index (χ1v) is 5.17. The lowest BCUT2D eigenvalue weighted by Crippen LogP contribution is -1.91. The van der Waals surface area contributed by atoms with Crippen molar-refractivity contribution in [2.75, 3.05) is 12.3 Å². The highest BCUT2D eigenvalue weighted by atomic mass is 32.1. The molecule has 0 spiro atoms. The number of thiophene rings is 1. The lowest BCUT2D eigenvalue weighted by atomic mass is 10.2.